The van der Waals surface area contributed by atoms with Crippen LogP contribution in [0.5, 0.6) is 0 Å². The molecule has 4 bridgehead atoms. The zero-order chi connectivity index (χ0) is 30.0. The Bertz CT molecular complexity index is 1310. The van der Waals surface area contributed by atoms with Crippen LogP contribution in [-0.4, -0.2) is 66.9 Å². The third-order valence-electron chi connectivity index (χ3n) is 9.18. The van der Waals surface area contributed by atoms with Gasteiger partial charge in [-0.1, -0.05) is 48.5 Å². The van der Waals surface area contributed by atoms with E-state index in [1.54, 1.807) is 12.1 Å². The van der Waals surface area contributed by atoms with Gasteiger partial charge in [0, 0.05) is 31.7 Å². The largest absolute Gasteiger partial charge is 0.377 e. The number of carbonyl (C=O) groups is 1. The average molecular weight is 600 g/mol. The van der Waals surface area contributed by atoms with Gasteiger partial charge in [-0.05, 0) is 79.4 Å². The van der Waals surface area contributed by atoms with Gasteiger partial charge in [-0.2, -0.15) is 15.0 Å². The topological polar surface area (TPSA) is 122 Å². The van der Waals surface area contributed by atoms with Crippen LogP contribution in [0.4, 0.5) is 17.8 Å². The molecular formula is C34H45N7O3. The van der Waals surface area contributed by atoms with Gasteiger partial charge in [0.05, 0.1) is 26.4 Å². The maximum Gasteiger partial charge on any atom is 0.251 e. The smallest absolute Gasteiger partial charge is 0.251 e. The number of hydrogen-bond acceptors (Lipinski definition) is 9. The Balaban J connectivity index is 0.937. The van der Waals surface area contributed by atoms with Gasteiger partial charge in [-0.25, -0.2) is 0 Å². The highest BCUT2D eigenvalue weighted by molar-refractivity contribution is 5.94. The molecular weight excluding hydrogens is 554 g/mol. The molecule has 0 spiro atoms. The Morgan fingerprint density at radius 3 is 1.86 bits per heavy atom. The lowest BCUT2D eigenvalue weighted by Crippen LogP contribution is -2.49. The molecule has 2 aromatic carbocycles. The minimum atomic E-state index is -0.0978. The predicted octanol–water partition coefficient (Wildman–Crippen LogP) is 4.99. The van der Waals surface area contributed by atoms with Crippen LogP contribution in [0.15, 0.2) is 60.7 Å². The third-order valence-corrected chi connectivity index (χ3v) is 9.18. The van der Waals surface area contributed by atoms with Gasteiger partial charge in [-0.3, -0.25) is 4.79 Å². The summed E-state index contributed by atoms with van der Waals surface area (Å²) in [7, 11) is 0. The van der Waals surface area contributed by atoms with E-state index in [0.29, 0.717) is 74.9 Å². The van der Waals surface area contributed by atoms with Gasteiger partial charge in [0.1, 0.15) is 0 Å². The van der Waals surface area contributed by atoms with Crippen LogP contribution >= 0.6 is 0 Å². The first kappa shape index (κ1) is 30.3. The van der Waals surface area contributed by atoms with Gasteiger partial charge < -0.3 is 30.7 Å². The highest BCUT2D eigenvalue weighted by Crippen LogP contribution is 2.59. The molecule has 0 saturated heterocycles. The van der Waals surface area contributed by atoms with E-state index in [0.717, 1.165) is 24.3 Å². The molecule has 4 aliphatic carbocycles. The number of aromatic nitrogens is 3. The van der Waals surface area contributed by atoms with Crippen LogP contribution in [0, 0.1) is 23.2 Å². The second kappa shape index (κ2) is 14.8. The monoisotopic (exact) mass is 599 g/mol. The summed E-state index contributed by atoms with van der Waals surface area (Å²) in [4.78, 5) is 26.1. The van der Waals surface area contributed by atoms with Crippen LogP contribution in [0.25, 0.3) is 0 Å². The van der Waals surface area contributed by atoms with Gasteiger partial charge in [0.25, 0.3) is 5.91 Å². The van der Waals surface area contributed by atoms with Crippen molar-refractivity contribution in [1.29, 1.82) is 0 Å². The molecule has 0 unspecified atom stereocenters. The maximum atomic E-state index is 12.1. The van der Waals surface area contributed by atoms with Crippen molar-refractivity contribution in [1.82, 2.24) is 20.3 Å². The van der Waals surface area contributed by atoms with E-state index in [1.165, 1.54) is 44.1 Å². The van der Waals surface area contributed by atoms with Crippen molar-refractivity contribution in [2.24, 2.45) is 23.2 Å². The zero-order valence-corrected chi connectivity index (χ0v) is 25.5. The van der Waals surface area contributed by atoms with E-state index >= 15 is 0 Å². The number of anilines is 3. The lowest BCUT2D eigenvalue weighted by atomic mass is 9.49. The van der Waals surface area contributed by atoms with Crippen molar-refractivity contribution in [2.75, 3.05) is 62.0 Å². The summed E-state index contributed by atoms with van der Waals surface area (Å²) >= 11 is 0. The Hall–Kier alpha value is -3.76. The third kappa shape index (κ3) is 8.45. The summed E-state index contributed by atoms with van der Waals surface area (Å²) in [5.41, 5.74) is 2.20. The van der Waals surface area contributed by atoms with E-state index in [4.69, 9.17) is 19.4 Å². The van der Waals surface area contributed by atoms with E-state index in [-0.39, 0.29) is 5.91 Å². The normalized spacial score (nSPS) is 23.3. The summed E-state index contributed by atoms with van der Waals surface area (Å²) in [5, 5.41) is 13.1. The Kier molecular flexibility index (Phi) is 10.2. The van der Waals surface area contributed by atoms with E-state index in [1.807, 2.05) is 36.4 Å². The molecule has 4 fully saturated rings. The number of amides is 1. The number of ether oxygens (including phenoxy) is 2. The molecule has 1 heterocycles. The van der Waals surface area contributed by atoms with Crippen LogP contribution in [0.1, 0.15) is 54.4 Å². The number of rotatable bonds is 17. The first-order valence-electron chi connectivity index (χ1n) is 16.1. The fourth-order valence-corrected chi connectivity index (χ4v) is 7.65. The van der Waals surface area contributed by atoms with Crippen molar-refractivity contribution >= 4 is 23.8 Å². The summed E-state index contributed by atoms with van der Waals surface area (Å²) in [6.45, 7) is 4.42. The first-order valence-corrected chi connectivity index (χ1v) is 16.1. The zero-order valence-electron chi connectivity index (χ0n) is 25.5. The molecule has 4 N–H and O–H groups in total. The lowest BCUT2D eigenvalue weighted by molar-refractivity contribution is -0.0445. The predicted molar refractivity (Wildman–Crippen MR) is 172 cm³/mol. The number of benzene rings is 2. The molecule has 7 rings (SSSR count). The van der Waals surface area contributed by atoms with Crippen LogP contribution in [-0.2, 0) is 16.0 Å². The molecule has 4 saturated carbocycles. The standard InChI is InChI=1S/C34H45N7O3/c42-30(29-9-5-2-6-10-29)35-11-13-43-15-16-44-14-12-36-31-39-32(37-23-25-7-3-1-4-8-25)41-33(40-31)38-24-34-20-26-17-27(21-34)19-28(18-26)22-34/h1-10,26-28H,11-24H2,(H,35,42)(H3,36,37,38,39,40,41). The SMILES string of the molecule is O=C(NCCOCCOCCNc1nc(NCc2ccccc2)nc(NCC23CC4CC(CC(C4)C2)C3)n1)c1ccccc1. The summed E-state index contributed by atoms with van der Waals surface area (Å²) in [6.07, 6.45) is 8.33. The molecule has 10 heteroatoms. The Morgan fingerprint density at radius 2 is 1.23 bits per heavy atom. The van der Waals surface area contributed by atoms with Gasteiger partial charge >= 0.3 is 0 Å². The molecule has 1 amide bonds. The summed E-state index contributed by atoms with van der Waals surface area (Å²) in [6, 6.07) is 19.4. The highest BCUT2D eigenvalue weighted by Gasteiger charge is 2.50. The molecule has 1 aromatic heterocycles. The van der Waals surface area contributed by atoms with Crippen molar-refractivity contribution in [3.8, 4) is 0 Å². The summed E-state index contributed by atoms with van der Waals surface area (Å²) < 4.78 is 11.3. The van der Waals surface area contributed by atoms with Crippen LogP contribution in [0.2, 0.25) is 0 Å². The molecule has 44 heavy (non-hydrogen) atoms. The average Bonchev–Trinajstić information content (AvgIpc) is 3.04. The molecule has 0 aliphatic heterocycles. The Labute approximate surface area is 260 Å². The lowest BCUT2D eigenvalue weighted by Gasteiger charge is -2.56. The van der Waals surface area contributed by atoms with E-state index < -0.39 is 0 Å². The number of hydrogen-bond donors (Lipinski definition) is 4. The molecule has 3 aromatic rings. The minimum Gasteiger partial charge on any atom is -0.377 e. The van der Waals surface area contributed by atoms with E-state index in [9.17, 15) is 4.79 Å². The quantitative estimate of drug-likeness (QED) is 0.159. The molecule has 234 valence electrons. The molecule has 0 radical (unpaired) electrons. The first-order chi connectivity index (χ1) is 21.6. The van der Waals surface area contributed by atoms with Crippen molar-refractivity contribution in [3.63, 3.8) is 0 Å². The van der Waals surface area contributed by atoms with E-state index in [2.05, 4.69) is 38.4 Å². The second-order valence-electron chi connectivity index (χ2n) is 12.7. The molecule has 10 nitrogen and oxygen atoms in total. The second-order valence-corrected chi connectivity index (χ2v) is 12.7. The Morgan fingerprint density at radius 1 is 0.682 bits per heavy atom. The van der Waals surface area contributed by atoms with Gasteiger partial charge in [0.15, 0.2) is 0 Å². The van der Waals surface area contributed by atoms with Gasteiger partial charge in [-0.15, -0.1) is 0 Å². The van der Waals surface area contributed by atoms with Crippen LogP contribution in [0.3, 0.4) is 0 Å². The number of nitrogens with one attached hydrogen (secondary N) is 4. The van der Waals surface area contributed by atoms with Crippen molar-refractivity contribution in [2.45, 2.75) is 45.1 Å². The molecule has 0 atom stereocenters. The van der Waals surface area contributed by atoms with Crippen LogP contribution < -0.4 is 21.3 Å². The summed E-state index contributed by atoms with van der Waals surface area (Å²) in [5.74, 6) is 4.32. The number of carbonyl (C=O) groups excluding carboxylic acids is 1. The number of nitrogens with zero attached hydrogens (tertiary/aromatic N) is 3. The highest BCUT2D eigenvalue weighted by atomic mass is 16.5. The fourth-order valence-electron chi connectivity index (χ4n) is 7.65. The van der Waals surface area contributed by atoms with Crippen molar-refractivity contribution in [3.05, 3.63) is 71.8 Å². The molecule has 4 aliphatic rings. The minimum absolute atomic E-state index is 0.0978. The maximum absolute atomic E-state index is 12.1. The fraction of sp³-hybridized carbons (Fsp3) is 0.529. The van der Waals surface area contributed by atoms with Gasteiger partial charge in [0.2, 0.25) is 17.8 Å². The van der Waals surface area contributed by atoms with Crippen molar-refractivity contribution < 1.29 is 14.3 Å².